The van der Waals surface area contributed by atoms with Gasteiger partial charge in [-0.25, -0.2) is 0 Å². The first-order valence-electron chi connectivity index (χ1n) is 28.9. The highest BCUT2D eigenvalue weighted by molar-refractivity contribution is 5.71. The van der Waals surface area contributed by atoms with E-state index in [4.69, 9.17) is 14.2 Å². The molecule has 0 N–H and O–H groups in total. The second-order valence-electron chi connectivity index (χ2n) is 19.2. The van der Waals surface area contributed by atoms with Gasteiger partial charge in [-0.05, 0) is 109 Å². The van der Waals surface area contributed by atoms with E-state index < -0.39 is 6.10 Å². The average Bonchev–Trinajstić information content (AvgIpc) is 3.34. The fourth-order valence-electron chi connectivity index (χ4n) is 7.99. The van der Waals surface area contributed by atoms with Crippen molar-refractivity contribution in [3.05, 3.63) is 72.9 Å². The normalized spacial score (nSPS) is 12.6. The fraction of sp³-hybridized carbons (Fsp3) is 0.758. The lowest BCUT2D eigenvalue weighted by Gasteiger charge is -2.18. The predicted octanol–water partition coefficient (Wildman–Crippen LogP) is 19.4. The zero-order valence-electron chi connectivity index (χ0n) is 44.9. The highest BCUT2D eigenvalue weighted by Gasteiger charge is 2.19. The van der Waals surface area contributed by atoms with Crippen molar-refractivity contribution in [3.63, 3.8) is 0 Å². The molecule has 0 aliphatic rings. The molecule has 0 aliphatic carbocycles. The zero-order valence-corrected chi connectivity index (χ0v) is 44.9. The second-order valence-corrected chi connectivity index (χ2v) is 19.2. The molecule has 1 atom stereocenters. The van der Waals surface area contributed by atoms with Crippen molar-refractivity contribution in [2.24, 2.45) is 0 Å². The Balaban J connectivity index is 4.40. The monoisotopic (exact) mass is 949 g/mol. The largest absolute Gasteiger partial charge is 0.462 e. The Morgan fingerprint density at radius 1 is 0.294 bits per heavy atom. The van der Waals surface area contributed by atoms with Gasteiger partial charge in [0.1, 0.15) is 13.2 Å². The molecule has 0 radical (unpaired) electrons. The third-order valence-corrected chi connectivity index (χ3v) is 12.4. The molecule has 1 unspecified atom stereocenters. The van der Waals surface area contributed by atoms with Crippen molar-refractivity contribution in [1.29, 1.82) is 0 Å². The molecule has 0 aliphatic heterocycles. The van der Waals surface area contributed by atoms with E-state index in [1.807, 2.05) is 0 Å². The molecule has 0 saturated carbocycles. The minimum absolute atomic E-state index is 0.0899. The van der Waals surface area contributed by atoms with Gasteiger partial charge in [0.15, 0.2) is 6.10 Å². The van der Waals surface area contributed by atoms with Crippen molar-refractivity contribution >= 4 is 17.9 Å². The Bertz CT molecular complexity index is 1270. The molecule has 0 aromatic carbocycles. The number of rotatable bonds is 52. The lowest BCUT2D eigenvalue weighted by Crippen LogP contribution is -2.30. The van der Waals surface area contributed by atoms with E-state index >= 15 is 0 Å². The Hall–Kier alpha value is -3.15. The number of unbranched alkanes of at least 4 members (excludes halogenated alkanes) is 29. The lowest BCUT2D eigenvalue weighted by atomic mass is 10.1. The Labute approximate surface area is 421 Å². The van der Waals surface area contributed by atoms with Gasteiger partial charge in [0, 0.05) is 19.3 Å². The van der Waals surface area contributed by atoms with Crippen molar-refractivity contribution in [1.82, 2.24) is 0 Å². The molecule has 0 aromatic heterocycles. The molecule has 0 amide bonds. The van der Waals surface area contributed by atoms with E-state index in [0.717, 1.165) is 116 Å². The first-order valence-corrected chi connectivity index (χ1v) is 28.9. The SMILES string of the molecule is CCCC/C=C\C/C=C\CCCCCCCC(=O)OCC(COC(=O)CCCCCCCC/C=C\C/C=C\C/C=C\CCCCCCC)OC(=O)CCCCCCC/C=C\CCCCCCCC. The standard InChI is InChI=1S/C62H108O6/c1-4-7-10-13-16-19-22-25-28-29-30-31-32-33-35-37-40-43-46-49-52-55-61(64)67-58-59(57-66-60(63)54-51-48-45-42-39-36-27-24-21-18-15-12-9-6-3)68-62(65)56-53-50-47-44-41-38-34-26-23-20-17-14-11-8-5-2/h15,18,22,24-27,29-30,32-34,59H,4-14,16-17,19-21,23,28,31,35-58H2,1-3H3/b18-15-,25-22-,27-24-,30-29-,33-32-,34-26-. The van der Waals surface area contributed by atoms with E-state index in [1.165, 1.54) is 128 Å². The van der Waals surface area contributed by atoms with Gasteiger partial charge in [-0.1, -0.05) is 229 Å². The molecular formula is C62H108O6. The number of carbonyl (C=O) groups excluding carboxylic acids is 3. The van der Waals surface area contributed by atoms with E-state index in [-0.39, 0.29) is 31.1 Å². The molecule has 0 aromatic rings. The van der Waals surface area contributed by atoms with Gasteiger partial charge < -0.3 is 14.2 Å². The van der Waals surface area contributed by atoms with Crippen LogP contribution in [0.4, 0.5) is 0 Å². The number of hydrogen-bond acceptors (Lipinski definition) is 6. The van der Waals surface area contributed by atoms with Crippen molar-refractivity contribution < 1.29 is 28.6 Å². The molecular weight excluding hydrogens is 841 g/mol. The van der Waals surface area contributed by atoms with Gasteiger partial charge in [0.25, 0.3) is 0 Å². The highest BCUT2D eigenvalue weighted by Crippen LogP contribution is 2.14. The zero-order chi connectivity index (χ0) is 49.3. The summed E-state index contributed by atoms with van der Waals surface area (Å²) in [4.78, 5) is 38.1. The molecule has 0 rings (SSSR count). The highest BCUT2D eigenvalue weighted by atomic mass is 16.6. The lowest BCUT2D eigenvalue weighted by molar-refractivity contribution is -0.167. The third kappa shape index (κ3) is 53.8. The van der Waals surface area contributed by atoms with Gasteiger partial charge in [-0.2, -0.15) is 0 Å². The van der Waals surface area contributed by atoms with Crippen LogP contribution in [0.1, 0.15) is 284 Å². The predicted molar refractivity (Wildman–Crippen MR) is 293 cm³/mol. The van der Waals surface area contributed by atoms with Gasteiger partial charge in [-0.3, -0.25) is 14.4 Å². The Morgan fingerprint density at radius 2 is 0.544 bits per heavy atom. The van der Waals surface area contributed by atoms with Gasteiger partial charge >= 0.3 is 17.9 Å². The van der Waals surface area contributed by atoms with Crippen molar-refractivity contribution in [2.45, 2.75) is 290 Å². The molecule has 6 heteroatoms. The summed E-state index contributed by atoms with van der Waals surface area (Å²) in [7, 11) is 0. The van der Waals surface area contributed by atoms with Crippen molar-refractivity contribution in [2.75, 3.05) is 13.2 Å². The molecule has 0 bridgehead atoms. The summed E-state index contributed by atoms with van der Waals surface area (Å²) in [5, 5.41) is 0. The maximum atomic E-state index is 12.8. The summed E-state index contributed by atoms with van der Waals surface area (Å²) in [6, 6.07) is 0. The second kappa shape index (κ2) is 56.4. The van der Waals surface area contributed by atoms with Crippen LogP contribution < -0.4 is 0 Å². The number of ether oxygens (including phenoxy) is 3. The molecule has 0 spiro atoms. The molecule has 68 heavy (non-hydrogen) atoms. The number of esters is 3. The van der Waals surface area contributed by atoms with Crippen LogP contribution in [-0.2, 0) is 28.6 Å². The van der Waals surface area contributed by atoms with Gasteiger partial charge in [0.05, 0.1) is 0 Å². The van der Waals surface area contributed by atoms with Crippen LogP contribution in [0.25, 0.3) is 0 Å². The molecule has 0 fully saturated rings. The minimum Gasteiger partial charge on any atom is -0.462 e. The summed E-state index contributed by atoms with van der Waals surface area (Å²) in [5.41, 5.74) is 0. The van der Waals surface area contributed by atoms with Gasteiger partial charge in [-0.15, -0.1) is 0 Å². The fourth-order valence-corrected chi connectivity index (χ4v) is 7.99. The minimum atomic E-state index is -0.791. The average molecular weight is 950 g/mol. The van der Waals surface area contributed by atoms with Crippen LogP contribution in [0.5, 0.6) is 0 Å². The van der Waals surface area contributed by atoms with E-state index in [0.29, 0.717) is 19.3 Å². The summed E-state index contributed by atoms with van der Waals surface area (Å²) in [6.07, 6.45) is 71.7. The van der Waals surface area contributed by atoms with E-state index in [1.54, 1.807) is 0 Å². The maximum Gasteiger partial charge on any atom is 0.306 e. The summed E-state index contributed by atoms with van der Waals surface area (Å²) in [5.74, 6) is -0.917. The summed E-state index contributed by atoms with van der Waals surface area (Å²) < 4.78 is 16.8. The summed E-state index contributed by atoms with van der Waals surface area (Å²) >= 11 is 0. The van der Waals surface area contributed by atoms with E-state index in [2.05, 4.69) is 93.7 Å². The molecule has 392 valence electrons. The quantitative estimate of drug-likeness (QED) is 0.0262. The molecule has 0 saturated heterocycles. The van der Waals surface area contributed by atoms with Gasteiger partial charge in [0.2, 0.25) is 0 Å². The van der Waals surface area contributed by atoms with E-state index in [9.17, 15) is 14.4 Å². The smallest absolute Gasteiger partial charge is 0.306 e. The topological polar surface area (TPSA) is 78.9 Å². The Kier molecular flexibility index (Phi) is 53.8. The van der Waals surface area contributed by atoms with Crippen LogP contribution in [-0.4, -0.2) is 37.2 Å². The van der Waals surface area contributed by atoms with Crippen LogP contribution >= 0.6 is 0 Å². The first kappa shape index (κ1) is 64.8. The number of carbonyl (C=O) groups is 3. The summed E-state index contributed by atoms with van der Waals surface area (Å²) in [6.45, 7) is 6.57. The van der Waals surface area contributed by atoms with Crippen LogP contribution in [0.2, 0.25) is 0 Å². The van der Waals surface area contributed by atoms with Crippen molar-refractivity contribution in [3.8, 4) is 0 Å². The van der Waals surface area contributed by atoms with Crippen LogP contribution in [0.3, 0.4) is 0 Å². The maximum absolute atomic E-state index is 12.8. The number of allylic oxidation sites excluding steroid dienone is 12. The Morgan fingerprint density at radius 3 is 0.882 bits per heavy atom. The third-order valence-electron chi connectivity index (χ3n) is 12.4. The first-order chi connectivity index (χ1) is 33.5. The van der Waals surface area contributed by atoms with Crippen LogP contribution in [0, 0.1) is 0 Å². The number of hydrogen-bond donors (Lipinski definition) is 0. The molecule has 0 heterocycles. The molecule has 6 nitrogen and oxygen atoms in total. The van der Waals surface area contributed by atoms with Crippen LogP contribution in [0.15, 0.2) is 72.9 Å².